The van der Waals surface area contributed by atoms with Crippen molar-refractivity contribution in [3.05, 3.63) is 70.9 Å². The Morgan fingerprint density at radius 1 is 1.15 bits per heavy atom. The second-order valence-corrected chi connectivity index (χ2v) is 6.19. The zero-order valence-electron chi connectivity index (χ0n) is 15.1. The van der Waals surface area contributed by atoms with Crippen LogP contribution in [0.1, 0.15) is 22.8 Å². The smallest absolute Gasteiger partial charge is 0.256 e. The summed E-state index contributed by atoms with van der Waals surface area (Å²) in [6.07, 6.45) is 1.64. The number of rotatable bonds is 7. The lowest BCUT2D eigenvalue weighted by molar-refractivity contribution is 0.102. The van der Waals surface area contributed by atoms with Gasteiger partial charge in [-0.15, -0.1) is 0 Å². The second-order valence-electron chi connectivity index (χ2n) is 5.75. The topological polar surface area (TPSA) is 65.4 Å². The first-order chi connectivity index (χ1) is 13.1. The molecule has 0 unspecified atom stereocenters. The van der Waals surface area contributed by atoms with Crippen molar-refractivity contribution >= 4 is 23.3 Å². The number of benzene rings is 2. The first-order valence-electron chi connectivity index (χ1n) is 8.49. The van der Waals surface area contributed by atoms with Crippen LogP contribution in [-0.4, -0.2) is 29.4 Å². The van der Waals surface area contributed by atoms with Crippen molar-refractivity contribution in [1.29, 1.82) is 0 Å². The van der Waals surface area contributed by atoms with Crippen LogP contribution < -0.4 is 14.8 Å². The number of halogens is 1. The van der Waals surface area contributed by atoms with Gasteiger partial charge in [-0.3, -0.25) is 4.79 Å². The van der Waals surface area contributed by atoms with Gasteiger partial charge in [0.15, 0.2) is 11.5 Å². The average Bonchev–Trinajstić information content (AvgIpc) is 3.10. The van der Waals surface area contributed by atoms with Gasteiger partial charge in [-0.05, 0) is 42.8 Å². The average molecular weight is 386 g/mol. The molecular formula is C20H20ClN3O3. The molecule has 0 saturated carbocycles. The molecule has 0 spiro atoms. The van der Waals surface area contributed by atoms with Gasteiger partial charge in [0.25, 0.3) is 5.91 Å². The highest BCUT2D eigenvalue weighted by Crippen LogP contribution is 2.28. The molecule has 1 amide bonds. The van der Waals surface area contributed by atoms with Crippen LogP contribution in [0.2, 0.25) is 5.02 Å². The van der Waals surface area contributed by atoms with E-state index in [1.165, 1.54) is 0 Å². The van der Waals surface area contributed by atoms with E-state index in [4.69, 9.17) is 21.1 Å². The van der Waals surface area contributed by atoms with E-state index in [0.717, 1.165) is 5.56 Å². The summed E-state index contributed by atoms with van der Waals surface area (Å²) in [4.78, 5) is 12.6. The molecule has 1 aromatic heterocycles. The number of hydrogen-bond acceptors (Lipinski definition) is 4. The fourth-order valence-electron chi connectivity index (χ4n) is 2.60. The molecule has 0 saturated heterocycles. The molecule has 0 aliphatic carbocycles. The predicted molar refractivity (Wildman–Crippen MR) is 105 cm³/mol. The van der Waals surface area contributed by atoms with Gasteiger partial charge in [0, 0.05) is 16.7 Å². The van der Waals surface area contributed by atoms with Gasteiger partial charge in [-0.2, -0.15) is 5.10 Å². The van der Waals surface area contributed by atoms with Crippen LogP contribution in [0.3, 0.4) is 0 Å². The summed E-state index contributed by atoms with van der Waals surface area (Å²) >= 11 is 5.92. The maximum atomic E-state index is 12.6. The number of amides is 1. The first kappa shape index (κ1) is 18.8. The molecule has 0 aliphatic heterocycles. The maximum Gasteiger partial charge on any atom is 0.256 e. The van der Waals surface area contributed by atoms with Gasteiger partial charge >= 0.3 is 0 Å². The van der Waals surface area contributed by atoms with Gasteiger partial charge in [0.2, 0.25) is 0 Å². The molecule has 1 heterocycles. The summed E-state index contributed by atoms with van der Waals surface area (Å²) in [6.45, 7) is 2.93. The maximum absolute atomic E-state index is 12.6. The van der Waals surface area contributed by atoms with Crippen molar-refractivity contribution in [2.75, 3.05) is 19.0 Å². The summed E-state index contributed by atoms with van der Waals surface area (Å²) in [5.41, 5.74) is 1.50. The highest BCUT2D eigenvalue weighted by molar-refractivity contribution is 6.30. The summed E-state index contributed by atoms with van der Waals surface area (Å²) in [7, 11) is 1.54. The quantitative estimate of drug-likeness (QED) is 0.660. The van der Waals surface area contributed by atoms with Gasteiger partial charge in [0.1, 0.15) is 5.82 Å². The third-order valence-electron chi connectivity index (χ3n) is 3.93. The van der Waals surface area contributed by atoms with Crippen molar-refractivity contribution in [3.8, 4) is 11.5 Å². The fourth-order valence-corrected chi connectivity index (χ4v) is 2.73. The van der Waals surface area contributed by atoms with Crippen LogP contribution in [0.4, 0.5) is 5.82 Å². The zero-order chi connectivity index (χ0) is 19.2. The second kappa shape index (κ2) is 8.60. The van der Waals surface area contributed by atoms with E-state index in [-0.39, 0.29) is 5.91 Å². The van der Waals surface area contributed by atoms with Crippen LogP contribution >= 0.6 is 11.6 Å². The normalized spacial score (nSPS) is 10.5. The molecule has 1 N–H and O–H groups in total. The van der Waals surface area contributed by atoms with Crippen LogP contribution in [0.5, 0.6) is 11.5 Å². The minimum absolute atomic E-state index is 0.255. The number of nitrogens with zero attached hydrogens (tertiary/aromatic N) is 2. The van der Waals surface area contributed by atoms with Crippen molar-refractivity contribution in [2.45, 2.75) is 13.5 Å². The zero-order valence-corrected chi connectivity index (χ0v) is 15.9. The number of anilines is 1. The van der Waals surface area contributed by atoms with Crippen molar-refractivity contribution < 1.29 is 14.3 Å². The van der Waals surface area contributed by atoms with E-state index < -0.39 is 0 Å². The number of aromatic nitrogens is 2. The summed E-state index contributed by atoms with van der Waals surface area (Å²) in [5, 5.41) is 7.84. The Kier molecular flexibility index (Phi) is 5.98. The lowest BCUT2D eigenvalue weighted by Crippen LogP contribution is -2.16. The van der Waals surface area contributed by atoms with Gasteiger partial charge < -0.3 is 14.8 Å². The van der Waals surface area contributed by atoms with Gasteiger partial charge in [-0.25, -0.2) is 4.68 Å². The summed E-state index contributed by atoms with van der Waals surface area (Å²) in [5.74, 6) is 1.46. The molecule has 0 bridgehead atoms. The Morgan fingerprint density at radius 2 is 1.93 bits per heavy atom. The molecule has 27 heavy (non-hydrogen) atoms. The lowest BCUT2D eigenvalue weighted by atomic mass is 10.2. The first-order valence-corrected chi connectivity index (χ1v) is 8.87. The molecule has 0 aliphatic rings. The summed E-state index contributed by atoms with van der Waals surface area (Å²) < 4.78 is 12.5. The predicted octanol–water partition coefficient (Wildman–Crippen LogP) is 4.24. The number of ether oxygens (including phenoxy) is 2. The van der Waals surface area contributed by atoms with E-state index >= 15 is 0 Å². The van der Waals surface area contributed by atoms with Crippen LogP contribution in [0.15, 0.2) is 54.7 Å². The highest BCUT2D eigenvalue weighted by atomic mass is 35.5. The van der Waals surface area contributed by atoms with Gasteiger partial charge in [-0.1, -0.05) is 23.7 Å². The molecule has 3 aromatic rings. The molecule has 0 atom stereocenters. The largest absolute Gasteiger partial charge is 0.493 e. The number of methoxy groups -OCH3 is 1. The molecule has 0 radical (unpaired) electrons. The lowest BCUT2D eigenvalue weighted by Gasteiger charge is -2.12. The highest BCUT2D eigenvalue weighted by Gasteiger charge is 2.13. The van der Waals surface area contributed by atoms with Crippen molar-refractivity contribution in [1.82, 2.24) is 9.78 Å². The SMILES string of the molecule is CCOc1ccc(C(=O)Nc2ccnn2Cc2ccc(Cl)cc2)cc1OC. The van der Waals surface area contributed by atoms with E-state index in [2.05, 4.69) is 10.4 Å². The Balaban J connectivity index is 1.75. The number of nitrogens with one attached hydrogen (secondary N) is 1. The monoisotopic (exact) mass is 385 g/mol. The molecule has 2 aromatic carbocycles. The Hall–Kier alpha value is -2.99. The Bertz CT molecular complexity index is 922. The molecule has 6 nitrogen and oxygen atoms in total. The van der Waals surface area contributed by atoms with Gasteiger partial charge in [0.05, 0.1) is 26.5 Å². The van der Waals surface area contributed by atoms with Crippen molar-refractivity contribution in [2.24, 2.45) is 0 Å². The molecule has 3 rings (SSSR count). The van der Waals surface area contributed by atoms with E-state index in [9.17, 15) is 4.79 Å². The van der Waals surface area contributed by atoms with E-state index in [0.29, 0.717) is 41.1 Å². The summed E-state index contributed by atoms with van der Waals surface area (Å²) in [6, 6.07) is 14.3. The number of carbonyl (C=O) groups excluding carboxylic acids is 1. The van der Waals surface area contributed by atoms with Crippen LogP contribution in [0.25, 0.3) is 0 Å². The third kappa shape index (κ3) is 4.60. The number of hydrogen-bond donors (Lipinski definition) is 1. The molecular weight excluding hydrogens is 366 g/mol. The molecule has 7 heteroatoms. The minimum Gasteiger partial charge on any atom is -0.493 e. The van der Waals surface area contributed by atoms with Crippen LogP contribution in [-0.2, 0) is 6.54 Å². The molecule has 140 valence electrons. The Labute approximate surface area is 162 Å². The minimum atomic E-state index is -0.255. The molecule has 0 fully saturated rings. The van der Waals surface area contributed by atoms with Crippen LogP contribution in [0, 0.1) is 0 Å². The van der Waals surface area contributed by atoms with Crippen molar-refractivity contribution in [3.63, 3.8) is 0 Å². The standard InChI is InChI=1S/C20H20ClN3O3/c1-3-27-17-9-6-15(12-18(17)26-2)20(25)23-19-10-11-22-24(19)13-14-4-7-16(21)8-5-14/h4-12H,3,13H2,1-2H3,(H,23,25). The fraction of sp³-hybridized carbons (Fsp3) is 0.200. The van der Waals surface area contributed by atoms with E-state index in [1.807, 2.05) is 31.2 Å². The van der Waals surface area contributed by atoms with E-state index in [1.54, 1.807) is 42.3 Å². The Morgan fingerprint density at radius 3 is 2.63 bits per heavy atom. The number of carbonyl (C=O) groups is 1. The third-order valence-corrected chi connectivity index (χ3v) is 4.18.